The van der Waals surface area contributed by atoms with Gasteiger partial charge in [0, 0.05) is 11.8 Å². The Kier molecular flexibility index (Phi) is 3.23. The van der Waals surface area contributed by atoms with Crippen molar-refractivity contribution in [1.29, 1.82) is 0 Å². The summed E-state index contributed by atoms with van der Waals surface area (Å²) in [5, 5.41) is 13.8. The van der Waals surface area contributed by atoms with Crippen LogP contribution in [-0.2, 0) is 0 Å². The van der Waals surface area contributed by atoms with Crippen molar-refractivity contribution in [3.8, 4) is 17.1 Å². The highest BCUT2D eigenvalue weighted by Gasteiger charge is 2.23. The van der Waals surface area contributed by atoms with Crippen LogP contribution in [0.5, 0.6) is 0 Å². The third kappa shape index (κ3) is 2.29. The fourth-order valence-electron chi connectivity index (χ4n) is 2.29. The Balaban J connectivity index is 2.32. The SMILES string of the molecule is Cc1nn(-c2ccccn2)c(-c2ccccc2)c1C(=O)O. The van der Waals surface area contributed by atoms with E-state index in [0.29, 0.717) is 17.2 Å². The molecule has 0 aliphatic carbocycles. The lowest BCUT2D eigenvalue weighted by molar-refractivity contribution is 0.0697. The molecule has 0 unspecified atom stereocenters. The van der Waals surface area contributed by atoms with Gasteiger partial charge in [-0.25, -0.2) is 14.5 Å². The predicted octanol–water partition coefficient (Wildman–Crippen LogP) is 2.94. The second kappa shape index (κ2) is 5.20. The minimum absolute atomic E-state index is 0.201. The fourth-order valence-corrected chi connectivity index (χ4v) is 2.29. The maximum atomic E-state index is 11.6. The topological polar surface area (TPSA) is 68.0 Å². The molecule has 5 heteroatoms. The van der Waals surface area contributed by atoms with E-state index in [0.717, 1.165) is 5.56 Å². The number of benzene rings is 1. The molecule has 1 N–H and O–H groups in total. The minimum atomic E-state index is -0.992. The van der Waals surface area contributed by atoms with E-state index < -0.39 is 5.97 Å². The fraction of sp³-hybridized carbons (Fsp3) is 0.0625. The highest BCUT2D eigenvalue weighted by Crippen LogP contribution is 2.28. The lowest BCUT2D eigenvalue weighted by Gasteiger charge is -2.07. The van der Waals surface area contributed by atoms with Crippen molar-refractivity contribution in [3.05, 3.63) is 66.0 Å². The molecule has 0 fully saturated rings. The number of carboxylic acid groups (broad SMARTS) is 1. The molecule has 0 bridgehead atoms. The van der Waals surface area contributed by atoms with Gasteiger partial charge in [-0.05, 0) is 19.1 Å². The smallest absolute Gasteiger partial charge is 0.339 e. The third-order valence-electron chi connectivity index (χ3n) is 3.19. The standard InChI is InChI=1S/C16H13N3O2/c1-11-14(16(20)21)15(12-7-3-2-4-8-12)19(18-11)13-9-5-6-10-17-13/h2-10H,1H3,(H,20,21). The molecular weight excluding hydrogens is 266 g/mol. The van der Waals surface area contributed by atoms with Crippen LogP contribution in [0.2, 0.25) is 0 Å². The summed E-state index contributed by atoms with van der Waals surface area (Å²) in [6.07, 6.45) is 1.65. The number of rotatable bonds is 3. The minimum Gasteiger partial charge on any atom is -0.478 e. The van der Waals surface area contributed by atoms with Gasteiger partial charge in [0.1, 0.15) is 5.56 Å². The van der Waals surface area contributed by atoms with Crippen LogP contribution in [0.15, 0.2) is 54.7 Å². The van der Waals surface area contributed by atoms with Crippen LogP contribution in [-0.4, -0.2) is 25.8 Å². The van der Waals surface area contributed by atoms with Crippen molar-refractivity contribution < 1.29 is 9.90 Å². The van der Waals surface area contributed by atoms with E-state index >= 15 is 0 Å². The van der Waals surface area contributed by atoms with Crippen molar-refractivity contribution in [3.63, 3.8) is 0 Å². The zero-order valence-corrected chi connectivity index (χ0v) is 11.4. The maximum Gasteiger partial charge on any atom is 0.339 e. The molecule has 3 rings (SSSR count). The monoisotopic (exact) mass is 279 g/mol. The van der Waals surface area contributed by atoms with Crippen LogP contribution in [0.1, 0.15) is 16.1 Å². The molecule has 5 nitrogen and oxygen atoms in total. The Morgan fingerprint density at radius 1 is 1.10 bits per heavy atom. The predicted molar refractivity (Wildman–Crippen MR) is 78.5 cm³/mol. The van der Waals surface area contributed by atoms with Crippen LogP contribution in [0.25, 0.3) is 17.1 Å². The average Bonchev–Trinajstić information content (AvgIpc) is 2.86. The van der Waals surface area contributed by atoms with Gasteiger partial charge in [0.05, 0.1) is 11.4 Å². The van der Waals surface area contributed by atoms with Crippen molar-refractivity contribution in [2.24, 2.45) is 0 Å². The zero-order valence-electron chi connectivity index (χ0n) is 11.4. The molecule has 2 heterocycles. The molecule has 0 amide bonds. The molecule has 2 aromatic heterocycles. The summed E-state index contributed by atoms with van der Waals surface area (Å²) >= 11 is 0. The van der Waals surface area contributed by atoms with E-state index in [1.165, 1.54) is 0 Å². The molecule has 104 valence electrons. The Morgan fingerprint density at radius 3 is 2.43 bits per heavy atom. The Bertz CT molecular complexity index is 780. The summed E-state index contributed by atoms with van der Waals surface area (Å²) < 4.78 is 1.58. The normalized spacial score (nSPS) is 10.5. The summed E-state index contributed by atoms with van der Waals surface area (Å²) in [6, 6.07) is 14.8. The molecule has 21 heavy (non-hydrogen) atoms. The first-order valence-electron chi connectivity index (χ1n) is 6.48. The summed E-state index contributed by atoms with van der Waals surface area (Å²) in [6.45, 7) is 1.69. The van der Waals surface area contributed by atoms with Gasteiger partial charge >= 0.3 is 5.97 Å². The molecule has 0 radical (unpaired) electrons. The van der Waals surface area contributed by atoms with E-state index in [2.05, 4.69) is 10.1 Å². The number of pyridine rings is 1. The molecule has 0 atom stereocenters. The Hall–Kier alpha value is -2.95. The highest BCUT2D eigenvalue weighted by molar-refractivity contribution is 5.96. The van der Waals surface area contributed by atoms with Gasteiger partial charge in [-0.15, -0.1) is 0 Å². The van der Waals surface area contributed by atoms with Crippen LogP contribution < -0.4 is 0 Å². The molecule has 0 aliphatic heterocycles. The van der Waals surface area contributed by atoms with Crippen LogP contribution in [0, 0.1) is 6.92 Å². The van der Waals surface area contributed by atoms with Crippen molar-refractivity contribution in [2.45, 2.75) is 6.92 Å². The first kappa shape index (κ1) is 13.1. The second-order valence-corrected chi connectivity index (χ2v) is 4.58. The third-order valence-corrected chi connectivity index (χ3v) is 3.19. The van der Waals surface area contributed by atoms with Gasteiger partial charge in [-0.1, -0.05) is 36.4 Å². The first-order chi connectivity index (χ1) is 10.2. The zero-order chi connectivity index (χ0) is 14.8. The van der Waals surface area contributed by atoms with Gasteiger partial charge in [0.25, 0.3) is 0 Å². The van der Waals surface area contributed by atoms with Gasteiger partial charge < -0.3 is 5.11 Å². The van der Waals surface area contributed by atoms with Gasteiger partial charge in [-0.2, -0.15) is 5.10 Å². The van der Waals surface area contributed by atoms with Gasteiger partial charge in [0.15, 0.2) is 5.82 Å². The quantitative estimate of drug-likeness (QED) is 0.800. The molecular formula is C16H13N3O2. The number of carboxylic acids is 1. The molecule has 0 saturated carbocycles. The molecule has 1 aromatic carbocycles. The van der Waals surface area contributed by atoms with Crippen LogP contribution >= 0.6 is 0 Å². The number of aromatic nitrogens is 3. The molecule has 0 saturated heterocycles. The first-order valence-corrected chi connectivity index (χ1v) is 6.48. The number of hydrogen-bond acceptors (Lipinski definition) is 3. The summed E-state index contributed by atoms with van der Waals surface area (Å²) in [5.41, 5.74) is 2.00. The van der Waals surface area contributed by atoms with E-state index in [1.54, 1.807) is 29.9 Å². The van der Waals surface area contributed by atoms with Crippen molar-refractivity contribution >= 4 is 5.97 Å². The van der Waals surface area contributed by atoms with E-state index in [9.17, 15) is 9.90 Å². The van der Waals surface area contributed by atoms with E-state index in [4.69, 9.17) is 0 Å². The van der Waals surface area contributed by atoms with Gasteiger partial charge in [-0.3, -0.25) is 0 Å². The van der Waals surface area contributed by atoms with Crippen LogP contribution in [0.4, 0.5) is 0 Å². The van der Waals surface area contributed by atoms with Crippen molar-refractivity contribution in [2.75, 3.05) is 0 Å². The number of carbonyl (C=O) groups is 1. The van der Waals surface area contributed by atoms with Crippen molar-refractivity contribution in [1.82, 2.24) is 14.8 Å². The lowest BCUT2D eigenvalue weighted by Crippen LogP contribution is -2.04. The maximum absolute atomic E-state index is 11.6. The number of hydrogen-bond donors (Lipinski definition) is 1. The van der Waals surface area contributed by atoms with E-state index in [-0.39, 0.29) is 5.56 Å². The highest BCUT2D eigenvalue weighted by atomic mass is 16.4. The second-order valence-electron chi connectivity index (χ2n) is 4.58. The molecule has 0 spiro atoms. The average molecular weight is 279 g/mol. The largest absolute Gasteiger partial charge is 0.478 e. The molecule has 0 aliphatic rings. The number of nitrogens with zero attached hydrogens (tertiary/aromatic N) is 3. The van der Waals surface area contributed by atoms with E-state index in [1.807, 2.05) is 36.4 Å². The summed E-state index contributed by atoms with van der Waals surface area (Å²) in [7, 11) is 0. The van der Waals surface area contributed by atoms with Crippen LogP contribution in [0.3, 0.4) is 0 Å². The lowest BCUT2D eigenvalue weighted by atomic mass is 10.1. The number of aryl methyl sites for hydroxylation is 1. The summed E-state index contributed by atoms with van der Waals surface area (Å²) in [4.78, 5) is 15.8. The Labute approximate surface area is 121 Å². The van der Waals surface area contributed by atoms with Gasteiger partial charge in [0.2, 0.25) is 0 Å². The molecule has 3 aromatic rings. The summed E-state index contributed by atoms with van der Waals surface area (Å²) in [5.74, 6) is -0.402. The Morgan fingerprint density at radius 2 is 1.81 bits per heavy atom. The number of aromatic carboxylic acids is 1.